The molecule has 1 heterocycles. The first kappa shape index (κ1) is 14.9. The fourth-order valence-electron chi connectivity index (χ4n) is 3.33. The third kappa shape index (κ3) is 3.83. The summed E-state index contributed by atoms with van der Waals surface area (Å²) in [6, 6.07) is 17.5. The zero-order valence-corrected chi connectivity index (χ0v) is 15.1. The number of likely N-dealkylation sites (tertiary alicyclic amines) is 1. The van der Waals surface area contributed by atoms with Gasteiger partial charge in [-0.25, -0.2) is 0 Å². The first-order chi connectivity index (χ1) is 12.3. The van der Waals surface area contributed by atoms with Crippen LogP contribution in [0.4, 0.5) is 0 Å². The molecule has 0 N–H and O–H groups in total. The molecule has 0 saturated carbocycles. The number of benzene rings is 2. The average molecular weight is 346 g/mol. The van der Waals surface area contributed by atoms with Gasteiger partial charge in [0.25, 0.3) is 0 Å². The largest absolute Gasteiger partial charge is 0.366 e. The van der Waals surface area contributed by atoms with E-state index in [0.29, 0.717) is 11.4 Å². The molecule has 1 unspecified atom stereocenters. The zero-order chi connectivity index (χ0) is 18.8. The van der Waals surface area contributed by atoms with Gasteiger partial charge in [0.2, 0.25) is 0 Å². The van der Waals surface area contributed by atoms with Crippen molar-refractivity contribution in [2.24, 2.45) is 0 Å². The van der Waals surface area contributed by atoms with E-state index in [4.69, 9.17) is 19.1 Å². The van der Waals surface area contributed by atoms with Gasteiger partial charge in [-0.2, -0.15) is 0 Å². The van der Waals surface area contributed by atoms with Crippen molar-refractivity contribution in [3.05, 3.63) is 70.7 Å². The average Bonchev–Trinajstić information content (AvgIpc) is 3.00. The highest BCUT2D eigenvalue weighted by Gasteiger charge is 2.30. The van der Waals surface area contributed by atoms with Crippen molar-refractivity contribution < 1.29 is 7.48 Å². The standard InChI is InChI=1S/C21H26ClNO/c1-21(17-7-4-3-5-8-17,18-10-12-19(22)13-11-18)24-16-14-20-9-6-15-23(20)2/h3-5,7-8,10-13,20H,6,9,14-16H2,1-2H3/t20?,21-/m1/s1/i16D2. The smallest absolute Gasteiger partial charge is 0.115 e. The number of hydrogen-bond acceptors (Lipinski definition) is 2. The monoisotopic (exact) mass is 345 g/mol. The third-order valence-corrected chi connectivity index (χ3v) is 5.24. The van der Waals surface area contributed by atoms with Crippen molar-refractivity contribution in [1.29, 1.82) is 0 Å². The molecule has 24 heavy (non-hydrogen) atoms. The van der Waals surface area contributed by atoms with Crippen molar-refractivity contribution in [2.45, 2.75) is 37.8 Å². The molecule has 0 amide bonds. The second-order valence-electron chi connectivity index (χ2n) is 6.63. The Balaban J connectivity index is 1.92. The molecule has 1 fully saturated rings. The number of nitrogens with zero attached hydrogens (tertiary/aromatic N) is 1. The van der Waals surface area contributed by atoms with Gasteiger partial charge in [-0.1, -0.05) is 54.1 Å². The van der Waals surface area contributed by atoms with Crippen LogP contribution < -0.4 is 0 Å². The molecule has 3 rings (SSSR count). The van der Waals surface area contributed by atoms with Gasteiger partial charge in [-0.15, -0.1) is 0 Å². The molecule has 2 atom stereocenters. The Morgan fingerprint density at radius 3 is 2.46 bits per heavy atom. The summed E-state index contributed by atoms with van der Waals surface area (Å²) in [7, 11) is 2.06. The highest BCUT2D eigenvalue weighted by Crippen LogP contribution is 2.34. The summed E-state index contributed by atoms with van der Waals surface area (Å²) in [4.78, 5) is 2.23. The lowest BCUT2D eigenvalue weighted by atomic mass is 9.88. The van der Waals surface area contributed by atoms with Crippen LogP contribution in [0.3, 0.4) is 0 Å². The van der Waals surface area contributed by atoms with Gasteiger partial charge in [-0.3, -0.25) is 0 Å². The second kappa shape index (κ2) is 7.69. The SMILES string of the molecule is [2H]C([2H])(CC1CCCN1C)O[C@](C)(c1ccccc1)c1ccc(Cl)cc1. The Bertz CT molecular complexity index is 723. The van der Waals surface area contributed by atoms with E-state index in [9.17, 15) is 0 Å². The highest BCUT2D eigenvalue weighted by atomic mass is 35.5. The third-order valence-electron chi connectivity index (χ3n) is 4.99. The predicted molar refractivity (Wildman–Crippen MR) is 101 cm³/mol. The fourth-order valence-corrected chi connectivity index (χ4v) is 3.45. The van der Waals surface area contributed by atoms with Gasteiger partial charge in [-0.05, 0) is 63.0 Å². The molecule has 2 aromatic carbocycles. The molecular formula is C21H26ClNO. The topological polar surface area (TPSA) is 12.5 Å². The van der Waals surface area contributed by atoms with E-state index < -0.39 is 12.2 Å². The van der Waals surface area contributed by atoms with Crippen molar-refractivity contribution in [2.75, 3.05) is 20.2 Å². The van der Waals surface area contributed by atoms with Crippen LogP contribution in [-0.4, -0.2) is 31.1 Å². The van der Waals surface area contributed by atoms with E-state index in [1.807, 2.05) is 61.5 Å². The van der Waals surface area contributed by atoms with E-state index in [0.717, 1.165) is 30.5 Å². The van der Waals surface area contributed by atoms with Crippen LogP contribution in [0.2, 0.25) is 5.02 Å². The molecule has 0 aliphatic carbocycles. The van der Waals surface area contributed by atoms with Gasteiger partial charge in [0.1, 0.15) is 5.60 Å². The van der Waals surface area contributed by atoms with Crippen LogP contribution in [-0.2, 0) is 10.3 Å². The minimum absolute atomic E-state index is 0.218. The zero-order valence-electron chi connectivity index (χ0n) is 16.3. The molecule has 1 aliphatic heterocycles. The summed E-state index contributed by atoms with van der Waals surface area (Å²) in [6.45, 7) is 1.21. The lowest BCUT2D eigenvalue weighted by molar-refractivity contribution is -0.0117. The molecule has 128 valence electrons. The van der Waals surface area contributed by atoms with Crippen LogP contribution in [0, 0.1) is 0 Å². The van der Waals surface area contributed by atoms with E-state index in [2.05, 4.69) is 11.9 Å². The maximum absolute atomic E-state index is 8.57. The summed E-state index contributed by atoms with van der Waals surface area (Å²) in [6.07, 6.45) is 2.49. The summed E-state index contributed by atoms with van der Waals surface area (Å²) < 4.78 is 23.3. The molecule has 1 aliphatic rings. The van der Waals surface area contributed by atoms with E-state index >= 15 is 0 Å². The molecule has 0 aromatic heterocycles. The Morgan fingerprint density at radius 1 is 1.17 bits per heavy atom. The molecule has 2 aromatic rings. The van der Waals surface area contributed by atoms with Gasteiger partial charge in [0.05, 0.1) is 2.74 Å². The molecule has 0 spiro atoms. The van der Waals surface area contributed by atoms with E-state index in [-0.39, 0.29) is 6.04 Å². The lowest BCUT2D eigenvalue weighted by Crippen LogP contribution is -2.31. The molecule has 0 bridgehead atoms. The summed E-state index contributed by atoms with van der Waals surface area (Å²) in [5, 5.41) is 0.653. The van der Waals surface area contributed by atoms with Crippen LogP contribution in [0.5, 0.6) is 0 Å². The van der Waals surface area contributed by atoms with Crippen LogP contribution in [0.1, 0.15) is 40.1 Å². The summed E-state index contributed by atoms with van der Waals surface area (Å²) >= 11 is 6.05. The summed E-state index contributed by atoms with van der Waals surface area (Å²) in [5.41, 5.74) is 0.912. The second-order valence-corrected chi connectivity index (χ2v) is 7.07. The van der Waals surface area contributed by atoms with E-state index in [1.165, 1.54) is 0 Å². The lowest BCUT2D eigenvalue weighted by Gasteiger charge is -2.32. The first-order valence-electron chi connectivity index (χ1n) is 9.52. The van der Waals surface area contributed by atoms with Crippen molar-refractivity contribution >= 4 is 11.6 Å². The number of ether oxygens (including phenoxy) is 1. The number of rotatable bonds is 6. The quantitative estimate of drug-likeness (QED) is 0.721. The molecule has 3 heteroatoms. The molecular weight excluding hydrogens is 318 g/mol. The van der Waals surface area contributed by atoms with Crippen molar-refractivity contribution in [3.8, 4) is 0 Å². The Labute approximate surface area is 153 Å². The number of hydrogen-bond donors (Lipinski definition) is 0. The normalized spacial score (nSPS) is 22.7. The van der Waals surface area contributed by atoms with E-state index in [1.54, 1.807) is 0 Å². The Morgan fingerprint density at radius 2 is 1.83 bits per heavy atom. The fraction of sp³-hybridized carbons (Fsp3) is 0.429. The van der Waals surface area contributed by atoms with Crippen LogP contribution in [0.15, 0.2) is 54.6 Å². The van der Waals surface area contributed by atoms with Gasteiger partial charge >= 0.3 is 0 Å². The minimum atomic E-state index is -1.74. The Kier molecular flexibility index (Phi) is 4.79. The molecule has 0 radical (unpaired) electrons. The maximum Gasteiger partial charge on any atom is 0.115 e. The van der Waals surface area contributed by atoms with Crippen molar-refractivity contribution in [3.63, 3.8) is 0 Å². The number of halogens is 1. The van der Waals surface area contributed by atoms with Crippen LogP contribution in [0.25, 0.3) is 0 Å². The minimum Gasteiger partial charge on any atom is -0.366 e. The van der Waals surface area contributed by atoms with Gasteiger partial charge in [0.15, 0.2) is 0 Å². The summed E-state index contributed by atoms with van der Waals surface area (Å²) in [5.74, 6) is 0. The highest BCUT2D eigenvalue weighted by molar-refractivity contribution is 6.30. The first-order valence-corrected chi connectivity index (χ1v) is 8.90. The van der Waals surface area contributed by atoms with Gasteiger partial charge < -0.3 is 9.64 Å². The Hall–Kier alpha value is -1.35. The molecule has 1 saturated heterocycles. The predicted octanol–water partition coefficient (Wildman–Crippen LogP) is 5.10. The van der Waals surface area contributed by atoms with Crippen LogP contribution >= 0.6 is 11.6 Å². The van der Waals surface area contributed by atoms with Crippen molar-refractivity contribution in [1.82, 2.24) is 4.90 Å². The van der Waals surface area contributed by atoms with Gasteiger partial charge in [0, 0.05) is 17.6 Å². The molecule has 2 nitrogen and oxygen atoms in total. The maximum atomic E-state index is 8.57.